The molecule has 3 fully saturated rings. The van der Waals surface area contributed by atoms with E-state index in [0.717, 1.165) is 38.5 Å². The first-order chi connectivity index (χ1) is 11.3. The van der Waals surface area contributed by atoms with Crippen LogP contribution in [0, 0.1) is 28.6 Å². The lowest BCUT2D eigenvalue weighted by Gasteiger charge is -2.56. The Bertz CT molecular complexity index is 582. The van der Waals surface area contributed by atoms with Gasteiger partial charge in [0.15, 0.2) is 5.78 Å². The molecule has 4 aliphatic carbocycles. The zero-order chi connectivity index (χ0) is 17.3. The molecule has 0 bridgehead atoms. The Hall–Kier alpha value is -0.670. The van der Waals surface area contributed by atoms with Crippen LogP contribution in [0.15, 0.2) is 11.6 Å². The monoisotopic (exact) mass is 331 g/mol. The molecule has 0 saturated heterocycles. The highest BCUT2D eigenvalue weighted by Gasteiger charge is 2.61. The van der Waals surface area contributed by atoms with Crippen LogP contribution in [-0.4, -0.2) is 42.0 Å². The molecule has 7 atom stereocenters. The summed E-state index contributed by atoms with van der Waals surface area (Å²) in [5, 5.41) is 10.1. The molecule has 0 amide bonds. The Kier molecular flexibility index (Phi) is 3.78. The second kappa shape index (κ2) is 5.41. The number of hydrogen-bond acceptors (Lipinski definition) is 3. The number of hydrogen-bond donors (Lipinski definition) is 1. The topological polar surface area (TPSA) is 40.5 Å². The molecule has 0 aliphatic heterocycles. The van der Waals surface area contributed by atoms with E-state index in [9.17, 15) is 9.90 Å². The third-order valence-electron chi connectivity index (χ3n) is 8.43. The summed E-state index contributed by atoms with van der Waals surface area (Å²) in [5.74, 6) is 2.39. The summed E-state index contributed by atoms with van der Waals surface area (Å²) in [6, 6.07) is 0.116. The molecule has 4 rings (SSSR count). The van der Waals surface area contributed by atoms with Gasteiger partial charge in [0.2, 0.25) is 0 Å². The van der Waals surface area contributed by atoms with Crippen molar-refractivity contribution in [2.75, 3.05) is 14.1 Å². The quantitative estimate of drug-likeness (QED) is 0.749. The number of carbonyl (C=O) groups excluding carboxylic acids is 1. The molecule has 0 heterocycles. The number of ketones is 1. The summed E-state index contributed by atoms with van der Waals surface area (Å²) in [7, 11) is 4.12. The minimum absolute atomic E-state index is 0.105. The van der Waals surface area contributed by atoms with Gasteiger partial charge < -0.3 is 5.11 Å². The number of aliphatic hydroxyl groups excluding tert-OH is 1. The maximum Gasteiger partial charge on any atom is 0.156 e. The lowest BCUT2D eigenvalue weighted by Crippen LogP contribution is -2.50. The molecule has 0 aromatic rings. The first-order valence-corrected chi connectivity index (χ1v) is 9.85. The number of aliphatic hydroxyl groups is 1. The van der Waals surface area contributed by atoms with Crippen molar-refractivity contribution in [1.82, 2.24) is 4.90 Å². The van der Waals surface area contributed by atoms with Crippen LogP contribution >= 0.6 is 0 Å². The average Bonchev–Trinajstić information content (AvgIpc) is 2.80. The molecule has 0 aromatic heterocycles. The average molecular weight is 332 g/mol. The Labute approximate surface area is 146 Å². The van der Waals surface area contributed by atoms with Crippen LogP contribution in [0.2, 0.25) is 0 Å². The highest BCUT2D eigenvalue weighted by molar-refractivity contribution is 5.92. The summed E-state index contributed by atoms with van der Waals surface area (Å²) in [5.41, 5.74) is 1.67. The van der Waals surface area contributed by atoms with E-state index in [1.165, 1.54) is 12.0 Å². The van der Waals surface area contributed by atoms with Gasteiger partial charge in [-0.1, -0.05) is 25.5 Å². The van der Waals surface area contributed by atoms with Crippen LogP contribution in [0.1, 0.15) is 58.8 Å². The van der Waals surface area contributed by atoms with Crippen molar-refractivity contribution in [3.63, 3.8) is 0 Å². The molecular formula is C21H33NO2. The number of Topliss-reactive ketones (excluding diaryl/α,β-unsaturated/α-hetero) is 1. The largest absolute Gasteiger partial charge is 0.393 e. The van der Waals surface area contributed by atoms with Crippen molar-refractivity contribution in [2.45, 2.75) is 70.9 Å². The van der Waals surface area contributed by atoms with Gasteiger partial charge in [0.05, 0.1) is 12.1 Å². The SMILES string of the molecule is CN(C)C1C[C@H]2[C@@H]3CC=C4CC(O)CC[C@]4(C)[C@@H]3CC[C@]2(C)C1=O. The van der Waals surface area contributed by atoms with Crippen molar-refractivity contribution in [3.05, 3.63) is 11.6 Å². The molecule has 0 radical (unpaired) electrons. The third-order valence-corrected chi connectivity index (χ3v) is 8.43. The van der Waals surface area contributed by atoms with Crippen molar-refractivity contribution in [2.24, 2.45) is 28.6 Å². The van der Waals surface area contributed by atoms with Crippen LogP contribution in [0.4, 0.5) is 0 Å². The molecule has 3 nitrogen and oxygen atoms in total. The van der Waals surface area contributed by atoms with Crippen molar-refractivity contribution < 1.29 is 9.90 Å². The number of allylic oxidation sites excluding steroid dienone is 1. The zero-order valence-electron chi connectivity index (χ0n) is 15.7. The number of likely N-dealkylation sites (N-methyl/N-ethyl adjacent to an activating group) is 1. The van der Waals surface area contributed by atoms with Gasteiger partial charge in [0.1, 0.15) is 0 Å². The minimum atomic E-state index is -0.138. The summed E-state index contributed by atoms with van der Waals surface area (Å²) < 4.78 is 0. The van der Waals surface area contributed by atoms with E-state index in [1.807, 2.05) is 0 Å². The van der Waals surface area contributed by atoms with Gasteiger partial charge in [-0.15, -0.1) is 0 Å². The van der Waals surface area contributed by atoms with Gasteiger partial charge in [-0.3, -0.25) is 9.69 Å². The lowest BCUT2D eigenvalue weighted by atomic mass is 9.48. The second-order valence-electron chi connectivity index (χ2n) is 9.69. The first kappa shape index (κ1) is 16.8. The van der Waals surface area contributed by atoms with Gasteiger partial charge in [-0.25, -0.2) is 0 Å². The Balaban J connectivity index is 1.68. The predicted octanol–water partition coefficient (Wildman–Crippen LogP) is 3.42. The molecule has 24 heavy (non-hydrogen) atoms. The van der Waals surface area contributed by atoms with E-state index in [2.05, 4.69) is 38.9 Å². The molecule has 0 spiro atoms. The minimum Gasteiger partial charge on any atom is -0.393 e. The van der Waals surface area contributed by atoms with Crippen LogP contribution in [-0.2, 0) is 4.79 Å². The standard InChI is InChI=1S/C21H33NO2/c1-20-9-7-14(23)11-13(20)5-6-15-16(20)8-10-21(2)17(15)12-18(19(21)24)22(3)4/h5,14-18,23H,6-12H2,1-4H3/t14?,15-,16-,17+,18?,20+,21+/m1/s1. The fourth-order valence-corrected chi connectivity index (χ4v) is 6.88. The molecule has 4 aliphatic rings. The smallest absolute Gasteiger partial charge is 0.156 e. The summed E-state index contributed by atoms with van der Waals surface area (Å²) in [6.45, 7) is 4.70. The number of carbonyl (C=O) groups is 1. The molecule has 134 valence electrons. The van der Waals surface area contributed by atoms with Gasteiger partial charge >= 0.3 is 0 Å². The summed E-state index contributed by atoms with van der Waals surface area (Å²) >= 11 is 0. The summed E-state index contributed by atoms with van der Waals surface area (Å²) in [4.78, 5) is 15.2. The fourth-order valence-electron chi connectivity index (χ4n) is 6.88. The predicted molar refractivity (Wildman–Crippen MR) is 95.6 cm³/mol. The lowest BCUT2D eigenvalue weighted by molar-refractivity contribution is -0.134. The van der Waals surface area contributed by atoms with Crippen LogP contribution in [0.3, 0.4) is 0 Å². The second-order valence-corrected chi connectivity index (χ2v) is 9.69. The Morgan fingerprint density at radius 2 is 1.83 bits per heavy atom. The number of nitrogens with zero attached hydrogens (tertiary/aromatic N) is 1. The van der Waals surface area contributed by atoms with E-state index < -0.39 is 0 Å². The van der Waals surface area contributed by atoms with Crippen LogP contribution < -0.4 is 0 Å². The van der Waals surface area contributed by atoms with Gasteiger partial charge in [0, 0.05) is 5.41 Å². The van der Waals surface area contributed by atoms with Crippen LogP contribution in [0.5, 0.6) is 0 Å². The van der Waals surface area contributed by atoms with Crippen molar-refractivity contribution in [3.8, 4) is 0 Å². The molecule has 2 unspecified atom stereocenters. The highest BCUT2D eigenvalue weighted by Crippen LogP contribution is 2.64. The Morgan fingerprint density at radius 3 is 2.54 bits per heavy atom. The van der Waals surface area contributed by atoms with E-state index in [-0.39, 0.29) is 23.0 Å². The zero-order valence-corrected chi connectivity index (χ0v) is 15.7. The van der Waals surface area contributed by atoms with Crippen molar-refractivity contribution >= 4 is 5.78 Å². The molecular weight excluding hydrogens is 298 g/mol. The molecule has 3 heteroatoms. The van der Waals surface area contributed by atoms with E-state index >= 15 is 0 Å². The number of rotatable bonds is 1. The van der Waals surface area contributed by atoms with E-state index in [4.69, 9.17) is 0 Å². The highest BCUT2D eigenvalue weighted by atomic mass is 16.3. The van der Waals surface area contributed by atoms with Gasteiger partial charge in [-0.2, -0.15) is 0 Å². The number of fused-ring (bicyclic) bond motifs is 5. The Morgan fingerprint density at radius 1 is 1.12 bits per heavy atom. The van der Waals surface area contributed by atoms with Gasteiger partial charge in [0.25, 0.3) is 0 Å². The van der Waals surface area contributed by atoms with E-state index in [0.29, 0.717) is 23.5 Å². The third kappa shape index (κ3) is 2.13. The van der Waals surface area contributed by atoms with E-state index in [1.54, 1.807) is 0 Å². The van der Waals surface area contributed by atoms with Gasteiger partial charge in [-0.05, 0) is 82.2 Å². The maximum atomic E-state index is 13.1. The molecule has 0 aromatic carbocycles. The van der Waals surface area contributed by atoms with Crippen molar-refractivity contribution in [1.29, 1.82) is 0 Å². The summed E-state index contributed by atoms with van der Waals surface area (Å²) in [6.07, 6.45) is 9.67. The molecule has 1 N–H and O–H groups in total. The fraction of sp³-hybridized carbons (Fsp3) is 0.857. The first-order valence-electron chi connectivity index (χ1n) is 9.85. The molecule has 3 saturated carbocycles. The maximum absolute atomic E-state index is 13.1. The van der Waals surface area contributed by atoms with Crippen LogP contribution in [0.25, 0.3) is 0 Å². The normalized spacial score (nSPS) is 51.0.